The summed E-state index contributed by atoms with van der Waals surface area (Å²) < 4.78 is 0. The Kier molecular flexibility index (Phi) is 2.60. The van der Waals surface area contributed by atoms with Gasteiger partial charge in [0.25, 0.3) is 0 Å². The van der Waals surface area contributed by atoms with Gasteiger partial charge in [-0.3, -0.25) is 9.59 Å². The number of carbonyl (C=O) groups is 2. The number of carbonyl (C=O) groups excluding carboxylic acids is 1. The van der Waals surface area contributed by atoms with Crippen LogP contribution >= 0.6 is 0 Å². The highest BCUT2D eigenvalue weighted by Gasteiger charge is 2.52. The highest BCUT2D eigenvalue weighted by atomic mass is 16.4. The van der Waals surface area contributed by atoms with Gasteiger partial charge in [0, 0.05) is 12.5 Å². The van der Waals surface area contributed by atoms with Gasteiger partial charge in [-0.25, -0.2) is 0 Å². The third-order valence-corrected chi connectivity index (χ3v) is 4.20. The maximum absolute atomic E-state index is 12.2. The molecule has 0 radical (unpaired) electrons. The zero-order chi connectivity index (χ0) is 12.0. The number of aliphatic carboxylic acids is 1. The first kappa shape index (κ1) is 11.1. The van der Waals surface area contributed by atoms with Gasteiger partial charge in [-0.15, -0.1) is 0 Å². The number of hydrogen-bond donors (Lipinski definition) is 1. The van der Waals surface area contributed by atoms with E-state index < -0.39 is 5.97 Å². The van der Waals surface area contributed by atoms with Crippen molar-refractivity contribution in [1.82, 2.24) is 4.90 Å². The molecule has 0 heterocycles. The van der Waals surface area contributed by atoms with Gasteiger partial charge in [-0.1, -0.05) is 0 Å². The van der Waals surface area contributed by atoms with E-state index in [4.69, 9.17) is 5.11 Å². The predicted molar refractivity (Wildman–Crippen MR) is 61.3 cm³/mol. The third-order valence-electron chi connectivity index (χ3n) is 4.20. The quantitative estimate of drug-likeness (QED) is 0.758. The number of nitrogens with zero attached hydrogens (tertiary/aromatic N) is 1. The summed E-state index contributed by atoms with van der Waals surface area (Å²) in [6, 6.07) is 0. The lowest BCUT2D eigenvalue weighted by Gasteiger charge is -2.20. The molecular weight excluding hydrogens is 218 g/mol. The van der Waals surface area contributed by atoms with Crippen LogP contribution < -0.4 is 0 Å². The highest BCUT2D eigenvalue weighted by Crippen LogP contribution is 2.55. The second-order valence-corrected chi connectivity index (χ2v) is 5.90. The monoisotopic (exact) mass is 237 g/mol. The largest absolute Gasteiger partial charge is 0.480 e. The van der Waals surface area contributed by atoms with Crippen LogP contribution in [0.4, 0.5) is 0 Å². The van der Waals surface area contributed by atoms with Gasteiger partial charge < -0.3 is 10.0 Å². The number of carboxylic acid groups (broad SMARTS) is 1. The Labute approximate surface area is 101 Å². The summed E-state index contributed by atoms with van der Waals surface area (Å²) in [4.78, 5) is 24.6. The van der Waals surface area contributed by atoms with Gasteiger partial charge in [0.15, 0.2) is 0 Å². The standard InChI is InChI=1S/C13H19NO3/c15-12(16)7-14(6-8-1-2-8)13(17)11-5-10(11)9-3-4-9/h8-11H,1-7H2,(H,15,16)/t10-,11-/m1/s1. The Hall–Kier alpha value is -1.06. The Morgan fingerprint density at radius 3 is 2.41 bits per heavy atom. The number of hydrogen-bond acceptors (Lipinski definition) is 2. The molecule has 4 nitrogen and oxygen atoms in total. The van der Waals surface area contributed by atoms with Gasteiger partial charge in [0.05, 0.1) is 0 Å². The summed E-state index contributed by atoms with van der Waals surface area (Å²) in [5.74, 6) is 1.30. The molecule has 94 valence electrons. The van der Waals surface area contributed by atoms with Crippen LogP contribution in [0, 0.1) is 23.7 Å². The SMILES string of the molecule is O=C(O)CN(CC1CC1)C(=O)[C@@H]1C[C@@H]1C1CC1. The van der Waals surface area contributed by atoms with E-state index in [2.05, 4.69) is 0 Å². The molecule has 0 aromatic carbocycles. The average molecular weight is 237 g/mol. The van der Waals surface area contributed by atoms with Crippen LogP contribution in [-0.4, -0.2) is 35.0 Å². The molecule has 3 saturated carbocycles. The molecule has 3 aliphatic rings. The van der Waals surface area contributed by atoms with Gasteiger partial charge >= 0.3 is 5.97 Å². The fraction of sp³-hybridized carbons (Fsp3) is 0.846. The Balaban J connectivity index is 1.56. The van der Waals surface area contributed by atoms with Crippen molar-refractivity contribution < 1.29 is 14.7 Å². The van der Waals surface area contributed by atoms with E-state index in [1.165, 1.54) is 12.8 Å². The van der Waals surface area contributed by atoms with E-state index in [0.29, 0.717) is 18.4 Å². The van der Waals surface area contributed by atoms with Crippen molar-refractivity contribution in [3.63, 3.8) is 0 Å². The normalized spacial score (nSPS) is 31.1. The zero-order valence-corrected chi connectivity index (χ0v) is 9.97. The minimum Gasteiger partial charge on any atom is -0.480 e. The molecule has 17 heavy (non-hydrogen) atoms. The van der Waals surface area contributed by atoms with Crippen molar-refractivity contribution >= 4 is 11.9 Å². The molecule has 3 fully saturated rings. The summed E-state index contributed by atoms with van der Waals surface area (Å²) in [6.45, 7) is 0.558. The summed E-state index contributed by atoms with van der Waals surface area (Å²) in [5.41, 5.74) is 0. The average Bonchev–Trinajstić information content (AvgIpc) is 3.11. The second kappa shape index (κ2) is 4.00. The number of amides is 1. The van der Waals surface area contributed by atoms with Crippen molar-refractivity contribution in [2.75, 3.05) is 13.1 Å². The molecule has 0 saturated heterocycles. The lowest BCUT2D eigenvalue weighted by atomic mass is 10.2. The maximum Gasteiger partial charge on any atom is 0.323 e. The summed E-state index contributed by atoms with van der Waals surface area (Å²) in [7, 11) is 0. The molecule has 4 heteroatoms. The van der Waals surface area contributed by atoms with Gasteiger partial charge in [0.1, 0.15) is 6.54 Å². The Bertz CT molecular complexity index is 347. The molecular formula is C13H19NO3. The van der Waals surface area contributed by atoms with Crippen molar-refractivity contribution in [1.29, 1.82) is 0 Å². The zero-order valence-electron chi connectivity index (χ0n) is 9.97. The summed E-state index contributed by atoms with van der Waals surface area (Å²) in [6.07, 6.45) is 5.86. The number of carboxylic acids is 1. The molecule has 0 spiro atoms. The lowest BCUT2D eigenvalue weighted by molar-refractivity contribution is -0.145. The molecule has 2 atom stereocenters. The lowest BCUT2D eigenvalue weighted by Crippen LogP contribution is -2.38. The van der Waals surface area contributed by atoms with Gasteiger partial charge in [0.2, 0.25) is 5.91 Å². The van der Waals surface area contributed by atoms with Gasteiger partial charge in [-0.05, 0) is 49.9 Å². The van der Waals surface area contributed by atoms with E-state index in [9.17, 15) is 9.59 Å². The van der Waals surface area contributed by atoms with E-state index in [-0.39, 0.29) is 18.4 Å². The van der Waals surface area contributed by atoms with Crippen LogP contribution in [0.1, 0.15) is 32.1 Å². The molecule has 0 aliphatic heterocycles. The molecule has 0 bridgehead atoms. The topological polar surface area (TPSA) is 57.6 Å². The molecule has 0 unspecified atom stereocenters. The molecule has 3 rings (SSSR count). The van der Waals surface area contributed by atoms with Crippen LogP contribution in [0.15, 0.2) is 0 Å². The van der Waals surface area contributed by atoms with Crippen molar-refractivity contribution in [2.45, 2.75) is 32.1 Å². The van der Waals surface area contributed by atoms with Crippen LogP contribution in [0.3, 0.4) is 0 Å². The Morgan fingerprint density at radius 1 is 1.18 bits per heavy atom. The van der Waals surface area contributed by atoms with Crippen LogP contribution in [-0.2, 0) is 9.59 Å². The number of rotatable bonds is 6. The van der Waals surface area contributed by atoms with E-state index >= 15 is 0 Å². The van der Waals surface area contributed by atoms with Crippen LogP contribution in [0.25, 0.3) is 0 Å². The fourth-order valence-electron chi connectivity index (χ4n) is 2.79. The summed E-state index contributed by atoms with van der Waals surface area (Å²) in [5, 5.41) is 8.86. The smallest absolute Gasteiger partial charge is 0.323 e. The molecule has 0 aromatic rings. The second-order valence-electron chi connectivity index (χ2n) is 5.90. The molecule has 0 aromatic heterocycles. The van der Waals surface area contributed by atoms with Crippen LogP contribution in [0.5, 0.6) is 0 Å². The van der Waals surface area contributed by atoms with Gasteiger partial charge in [-0.2, -0.15) is 0 Å². The van der Waals surface area contributed by atoms with E-state index in [0.717, 1.165) is 25.2 Å². The minimum absolute atomic E-state index is 0.108. The van der Waals surface area contributed by atoms with Crippen molar-refractivity contribution in [2.24, 2.45) is 23.7 Å². The first-order chi connectivity index (χ1) is 8.15. The van der Waals surface area contributed by atoms with E-state index in [1.54, 1.807) is 4.90 Å². The first-order valence-corrected chi connectivity index (χ1v) is 6.65. The van der Waals surface area contributed by atoms with Crippen molar-refractivity contribution in [3.8, 4) is 0 Å². The molecule has 3 aliphatic carbocycles. The first-order valence-electron chi connectivity index (χ1n) is 6.65. The Morgan fingerprint density at radius 2 is 1.88 bits per heavy atom. The maximum atomic E-state index is 12.2. The molecule has 1 amide bonds. The fourth-order valence-corrected chi connectivity index (χ4v) is 2.79. The predicted octanol–water partition coefficient (Wildman–Crippen LogP) is 1.36. The summed E-state index contributed by atoms with van der Waals surface area (Å²) >= 11 is 0. The molecule has 1 N–H and O–H groups in total. The van der Waals surface area contributed by atoms with E-state index in [1.807, 2.05) is 0 Å². The van der Waals surface area contributed by atoms with Crippen molar-refractivity contribution in [3.05, 3.63) is 0 Å². The third kappa shape index (κ3) is 2.61. The minimum atomic E-state index is -0.886. The van der Waals surface area contributed by atoms with Crippen LogP contribution in [0.2, 0.25) is 0 Å². The highest BCUT2D eigenvalue weighted by molar-refractivity contribution is 5.85.